The molecule has 0 saturated carbocycles. The summed E-state index contributed by atoms with van der Waals surface area (Å²) >= 11 is 0. The van der Waals surface area contributed by atoms with Crippen LogP contribution in [0.2, 0.25) is 0 Å². The van der Waals surface area contributed by atoms with Crippen molar-refractivity contribution in [3.05, 3.63) is 36.4 Å². The van der Waals surface area contributed by atoms with Crippen molar-refractivity contribution in [3.8, 4) is 5.75 Å². The summed E-state index contributed by atoms with van der Waals surface area (Å²) in [5.74, 6) is 0.439. The predicted molar refractivity (Wildman–Crippen MR) is 91.6 cm³/mol. The van der Waals surface area contributed by atoms with Crippen molar-refractivity contribution in [1.29, 1.82) is 0 Å². The first kappa shape index (κ1) is 17.9. The monoisotopic (exact) mass is 366 g/mol. The molecule has 2 fully saturated rings. The van der Waals surface area contributed by atoms with Crippen molar-refractivity contribution >= 4 is 15.9 Å². The van der Waals surface area contributed by atoms with E-state index in [2.05, 4.69) is 11.9 Å². The number of nitrogens with zero attached hydrogens (tertiary/aromatic N) is 1. The van der Waals surface area contributed by atoms with Crippen LogP contribution in [0.25, 0.3) is 0 Å². The first-order valence-electron chi connectivity index (χ1n) is 8.08. The van der Waals surface area contributed by atoms with E-state index in [0.717, 1.165) is 5.56 Å². The fourth-order valence-electron chi connectivity index (χ4n) is 3.39. The van der Waals surface area contributed by atoms with Gasteiger partial charge < -0.3 is 14.8 Å². The maximum atomic E-state index is 12.9. The molecule has 0 aliphatic carbocycles. The van der Waals surface area contributed by atoms with E-state index in [1.807, 2.05) is 6.92 Å². The number of methoxy groups -OCH3 is 1. The Kier molecular flexibility index (Phi) is 4.86. The summed E-state index contributed by atoms with van der Waals surface area (Å²) in [6, 6.07) is 4.84. The van der Waals surface area contributed by atoms with Crippen molar-refractivity contribution < 1.29 is 22.7 Å². The van der Waals surface area contributed by atoms with Crippen molar-refractivity contribution in [1.82, 2.24) is 9.62 Å². The highest BCUT2D eigenvalue weighted by atomic mass is 32.2. The van der Waals surface area contributed by atoms with Gasteiger partial charge in [-0.15, -0.1) is 0 Å². The Morgan fingerprint density at radius 3 is 2.80 bits per heavy atom. The Bertz CT molecular complexity index is 778. The fraction of sp³-hybridized carbons (Fsp3) is 0.471. The van der Waals surface area contributed by atoms with Gasteiger partial charge in [-0.05, 0) is 43.2 Å². The summed E-state index contributed by atoms with van der Waals surface area (Å²) in [5.41, 5.74) is 0.770. The second kappa shape index (κ2) is 6.78. The average Bonchev–Trinajstić information content (AvgIpc) is 3.13. The molecule has 2 aliphatic heterocycles. The number of ether oxygens (including phenoxy) is 2. The van der Waals surface area contributed by atoms with Crippen LogP contribution >= 0.6 is 0 Å². The third kappa shape index (κ3) is 3.42. The lowest BCUT2D eigenvalue weighted by Crippen LogP contribution is -2.37. The SMILES string of the molecule is C=CC(=O)NC1CC2CN(S(=O)(=O)c3ccc(OC)c(C)c3)CC2O1. The molecule has 0 radical (unpaired) electrons. The Morgan fingerprint density at radius 2 is 2.20 bits per heavy atom. The molecule has 1 amide bonds. The highest BCUT2D eigenvalue weighted by Crippen LogP contribution is 2.35. The number of carbonyl (C=O) groups is 1. The predicted octanol–water partition coefficient (Wildman–Crippen LogP) is 1.04. The number of amides is 1. The van der Waals surface area contributed by atoms with E-state index in [0.29, 0.717) is 25.3 Å². The first-order chi connectivity index (χ1) is 11.8. The lowest BCUT2D eigenvalue weighted by atomic mass is 10.1. The third-order valence-corrected chi connectivity index (χ3v) is 6.52. The quantitative estimate of drug-likeness (QED) is 0.787. The largest absolute Gasteiger partial charge is 0.496 e. The van der Waals surface area contributed by atoms with Crippen LogP contribution in [0, 0.1) is 12.8 Å². The normalized spacial score (nSPS) is 26.2. The lowest BCUT2D eigenvalue weighted by Gasteiger charge is -2.20. The van der Waals surface area contributed by atoms with Crippen LogP contribution in [0.15, 0.2) is 35.7 Å². The molecule has 7 nitrogen and oxygen atoms in total. The molecule has 1 N–H and O–H groups in total. The minimum Gasteiger partial charge on any atom is -0.496 e. The van der Waals surface area contributed by atoms with E-state index >= 15 is 0 Å². The van der Waals surface area contributed by atoms with Crippen LogP contribution in [0.1, 0.15) is 12.0 Å². The molecule has 1 aromatic rings. The molecule has 136 valence electrons. The van der Waals surface area contributed by atoms with E-state index in [1.54, 1.807) is 25.3 Å². The Labute approximate surface area is 147 Å². The fourth-order valence-corrected chi connectivity index (χ4v) is 4.99. The highest BCUT2D eigenvalue weighted by Gasteiger charge is 2.46. The molecule has 0 bridgehead atoms. The molecule has 2 heterocycles. The maximum Gasteiger partial charge on any atom is 0.245 e. The number of rotatable bonds is 5. The van der Waals surface area contributed by atoms with Gasteiger partial charge in [0.2, 0.25) is 15.9 Å². The molecule has 2 saturated heterocycles. The zero-order valence-corrected chi connectivity index (χ0v) is 15.1. The summed E-state index contributed by atoms with van der Waals surface area (Å²) in [5, 5.41) is 2.70. The van der Waals surface area contributed by atoms with Crippen LogP contribution in [0.3, 0.4) is 0 Å². The van der Waals surface area contributed by atoms with Gasteiger partial charge in [-0.2, -0.15) is 4.31 Å². The van der Waals surface area contributed by atoms with Crippen LogP contribution in [0.4, 0.5) is 0 Å². The highest BCUT2D eigenvalue weighted by molar-refractivity contribution is 7.89. The Morgan fingerprint density at radius 1 is 1.44 bits per heavy atom. The van der Waals surface area contributed by atoms with E-state index < -0.39 is 10.0 Å². The molecule has 25 heavy (non-hydrogen) atoms. The third-order valence-electron chi connectivity index (χ3n) is 4.70. The zero-order chi connectivity index (χ0) is 18.2. The zero-order valence-electron chi connectivity index (χ0n) is 14.3. The van der Waals surface area contributed by atoms with Crippen molar-refractivity contribution in [3.63, 3.8) is 0 Å². The lowest BCUT2D eigenvalue weighted by molar-refractivity contribution is -0.120. The minimum atomic E-state index is -3.58. The first-order valence-corrected chi connectivity index (χ1v) is 9.52. The second-order valence-electron chi connectivity index (χ2n) is 6.33. The average molecular weight is 366 g/mol. The number of hydrogen-bond donors (Lipinski definition) is 1. The van der Waals surface area contributed by atoms with Gasteiger partial charge in [0.05, 0.1) is 18.1 Å². The topological polar surface area (TPSA) is 84.9 Å². The van der Waals surface area contributed by atoms with Crippen molar-refractivity contribution in [2.24, 2.45) is 5.92 Å². The number of hydrogen-bond acceptors (Lipinski definition) is 5. The number of sulfonamides is 1. The van der Waals surface area contributed by atoms with Gasteiger partial charge >= 0.3 is 0 Å². The number of fused-ring (bicyclic) bond motifs is 1. The molecule has 3 unspecified atom stereocenters. The van der Waals surface area contributed by atoms with Crippen molar-refractivity contribution in [2.45, 2.75) is 30.6 Å². The van der Waals surface area contributed by atoms with Crippen LogP contribution < -0.4 is 10.1 Å². The summed E-state index contributed by atoms with van der Waals surface area (Å²) < 4.78 is 38.1. The van der Waals surface area contributed by atoms with Gasteiger partial charge in [0.25, 0.3) is 0 Å². The Balaban J connectivity index is 1.70. The van der Waals surface area contributed by atoms with E-state index in [4.69, 9.17) is 9.47 Å². The van der Waals surface area contributed by atoms with Crippen molar-refractivity contribution in [2.75, 3.05) is 20.2 Å². The van der Waals surface area contributed by atoms with Gasteiger partial charge in [0, 0.05) is 19.0 Å². The summed E-state index contributed by atoms with van der Waals surface area (Å²) in [7, 11) is -2.03. The minimum absolute atomic E-state index is 0.0734. The van der Waals surface area contributed by atoms with E-state index in [1.165, 1.54) is 10.4 Å². The molecule has 3 rings (SSSR count). The van der Waals surface area contributed by atoms with Crippen LogP contribution in [-0.2, 0) is 19.6 Å². The molecule has 2 aliphatic rings. The number of aryl methyl sites for hydroxylation is 1. The Hall–Kier alpha value is -1.90. The molecular formula is C17H22N2O5S. The molecule has 0 aromatic heterocycles. The van der Waals surface area contributed by atoms with Gasteiger partial charge in [0.15, 0.2) is 0 Å². The molecule has 8 heteroatoms. The van der Waals surface area contributed by atoms with Gasteiger partial charge in [0.1, 0.15) is 12.0 Å². The standard InChI is InChI=1S/C17H22N2O5S/c1-4-16(20)18-17-8-12-9-19(10-15(12)24-17)25(21,22)13-5-6-14(23-3)11(2)7-13/h4-7,12,15,17H,1,8-10H2,2-3H3,(H,18,20). The molecule has 0 spiro atoms. The van der Waals surface area contributed by atoms with Crippen LogP contribution in [0.5, 0.6) is 5.75 Å². The molecule has 1 aromatic carbocycles. The van der Waals surface area contributed by atoms with E-state index in [9.17, 15) is 13.2 Å². The van der Waals surface area contributed by atoms with E-state index in [-0.39, 0.29) is 29.1 Å². The van der Waals surface area contributed by atoms with Crippen LogP contribution in [-0.4, -0.2) is 51.2 Å². The number of benzene rings is 1. The van der Waals surface area contributed by atoms with Gasteiger partial charge in [-0.1, -0.05) is 6.58 Å². The molecule has 3 atom stereocenters. The molecular weight excluding hydrogens is 344 g/mol. The second-order valence-corrected chi connectivity index (χ2v) is 8.26. The van der Waals surface area contributed by atoms with Gasteiger partial charge in [-0.3, -0.25) is 4.79 Å². The summed E-state index contributed by atoms with van der Waals surface area (Å²) in [6.45, 7) is 5.90. The summed E-state index contributed by atoms with van der Waals surface area (Å²) in [6.07, 6.45) is 1.20. The smallest absolute Gasteiger partial charge is 0.245 e. The maximum absolute atomic E-state index is 12.9. The number of carbonyl (C=O) groups excluding carboxylic acids is 1. The van der Waals surface area contributed by atoms with Gasteiger partial charge in [-0.25, -0.2) is 8.42 Å². The summed E-state index contributed by atoms with van der Waals surface area (Å²) in [4.78, 5) is 11.6. The number of nitrogens with one attached hydrogen (secondary N) is 1.